The van der Waals surface area contributed by atoms with Gasteiger partial charge in [0.1, 0.15) is 0 Å². The maximum absolute atomic E-state index is 11.9. The van der Waals surface area contributed by atoms with Crippen LogP contribution in [0.2, 0.25) is 0 Å². The molecule has 3 N–H and O–H groups in total. The van der Waals surface area contributed by atoms with Gasteiger partial charge in [0.25, 0.3) is 0 Å². The van der Waals surface area contributed by atoms with Crippen molar-refractivity contribution < 1.29 is 24.2 Å². The zero-order valence-electron chi connectivity index (χ0n) is 12.3. The van der Waals surface area contributed by atoms with Crippen LogP contribution in [0, 0.1) is 5.92 Å². The van der Waals surface area contributed by atoms with E-state index in [0.29, 0.717) is 32.5 Å². The van der Waals surface area contributed by atoms with Gasteiger partial charge in [0.05, 0.1) is 12.5 Å². The van der Waals surface area contributed by atoms with E-state index >= 15 is 0 Å². The molecule has 1 aliphatic heterocycles. The number of hydrogen-bond acceptors (Lipinski definition) is 4. The minimum atomic E-state index is -0.870. The first-order valence-corrected chi connectivity index (χ1v) is 7.05. The summed E-state index contributed by atoms with van der Waals surface area (Å²) in [4.78, 5) is 35.7. The second kappa shape index (κ2) is 9.17. The molecular formula is C13H23N3O5. The molecule has 0 unspecified atom stereocenters. The van der Waals surface area contributed by atoms with Crippen LogP contribution in [-0.2, 0) is 14.3 Å². The lowest BCUT2D eigenvalue weighted by molar-refractivity contribution is -0.143. The number of piperidine rings is 1. The third kappa shape index (κ3) is 6.44. The second-order valence-corrected chi connectivity index (χ2v) is 4.95. The van der Waals surface area contributed by atoms with Gasteiger partial charge >= 0.3 is 12.0 Å². The molecule has 3 amide bonds. The van der Waals surface area contributed by atoms with Gasteiger partial charge < -0.3 is 25.4 Å². The number of aliphatic carboxylic acids is 1. The molecule has 0 saturated carbocycles. The molecule has 21 heavy (non-hydrogen) atoms. The summed E-state index contributed by atoms with van der Waals surface area (Å²) in [6.07, 6.45) is 1.47. The second-order valence-electron chi connectivity index (χ2n) is 4.95. The third-order valence-electron chi connectivity index (χ3n) is 3.31. The molecule has 120 valence electrons. The third-order valence-corrected chi connectivity index (χ3v) is 3.31. The van der Waals surface area contributed by atoms with Gasteiger partial charge in [0.15, 0.2) is 0 Å². The molecule has 8 nitrogen and oxygen atoms in total. The summed E-state index contributed by atoms with van der Waals surface area (Å²) in [6, 6.07) is -0.314. The van der Waals surface area contributed by atoms with Gasteiger partial charge in [-0.05, 0) is 12.8 Å². The summed E-state index contributed by atoms with van der Waals surface area (Å²) in [6.45, 7) is 1.89. The average Bonchev–Trinajstić information content (AvgIpc) is 2.47. The molecule has 1 fully saturated rings. The van der Waals surface area contributed by atoms with Crippen LogP contribution in [-0.4, -0.2) is 67.8 Å². The van der Waals surface area contributed by atoms with Crippen molar-refractivity contribution in [3.8, 4) is 0 Å². The van der Waals surface area contributed by atoms with E-state index in [4.69, 9.17) is 9.84 Å². The lowest BCUT2D eigenvalue weighted by Gasteiger charge is -2.30. The fourth-order valence-electron chi connectivity index (χ4n) is 2.14. The van der Waals surface area contributed by atoms with Crippen LogP contribution in [0.4, 0.5) is 4.79 Å². The first kappa shape index (κ1) is 17.2. The highest BCUT2D eigenvalue weighted by Gasteiger charge is 2.27. The van der Waals surface area contributed by atoms with E-state index < -0.39 is 11.9 Å². The summed E-state index contributed by atoms with van der Waals surface area (Å²) in [5.74, 6) is -1.53. The van der Waals surface area contributed by atoms with Crippen LogP contribution >= 0.6 is 0 Å². The van der Waals surface area contributed by atoms with Gasteiger partial charge in [-0.1, -0.05) is 0 Å². The number of amides is 3. The van der Waals surface area contributed by atoms with Crippen molar-refractivity contribution in [2.45, 2.75) is 19.3 Å². The maximum atomic E-state index is 11.9. The van der Waals surface area contributed by atoms with E-state index in [9.17, 15) is 14.4 Å². The fraction of sp³-hybridized carbons (Fsp3) is 0.769. The molecule has 0 aromatic rings. The Hall–Kier alpha value is -1.83. The Kier molecular flexibility index (Phi) is 7.52. The van der Waals surface area contributed by atoms with Crippen molar-refractivity contribution >= 4 is 17.9 Å². The number of carboxylic acids is 1. The number of hydrogen-bond donors (Lipinski definition) is 3. The molecule has 8 heteroatoms. The van der Waals surface area contributed by atoms with Gasteiger partial charge in [-0.25, -0.2) is 4.79 Å². The minimum absolute atomic E-state index is 0.158. The van der Waals surface area contributed by atoms with Crippen LogP contribution in [0.5, 0.6) is 0 Å². The predicted molar refractivity (Wildman–Crippen MR) is 74.8 cm³/mol. The van der Waals surface area contributed by atoms with E-state index in [1.807, 2.05) is 0 Å². The molecule has 0 spiro atoms. The maximum Gasteiger partial charge on any atom is 0.317 e. The molecule has 1 aliphatic rings. The highest BCUT2D eigenvalue weighted by molar-refractivity contribution is 5.79. The zero-order valence-corrected chi connectivity index (χ0v) is 12.3. The standard InChI is InChI=1S/C13H23N3O5/c1-21-8-6-14-11(17)4-5-15-13(20)16-7-2-3-10(9-16)12(18)19/h10H,2-9H2,1H3,(H,14,17)(H,15,20)(H,18,19)/t10-/m1/s1. The topological polar surface area (TPSA) is 108 Å². The van der Waals surface area contributed by atoms with Crippen molar-refractivity contribution in [3.63, 3.8) is 0 Å². The molecule has 1 saturated heterocycles. The normalized spacial score (nSPS) is 18.1. The van der Waals surface area contributed by atoms with Crippen molar-refractivity contribution in [3.05, 3.63) is 0 Å². The number of likely N-dealkylation sites (tertiary alicyclic amines) is 1. The van der Waals surface area contributed by atoms with Gasteiger partial charge in [-0.3, -0.25) is 9.59 Å². The lowest BCUT2D eigenvalue weighted by atomic mass is 9.99. The number of ether oxygens (including phenoxy) is 1. The number of urea groups is 1. The van der Waals surface area contributed by atoms with Crippen LogP contribution in [0.25, 0.3) is 0 Å². The molecule has 0 aromatic heterocycles. The molecule has 0 aliphatic carbocycles. The average molecular weight is 301 g/mol. The molecule has 0 aromatic carbocycles. The van der Waals surface area contributed by atoms with Crippen molar-refractivity contribution in [1.82, 2.24) is 15.5 Å². The number of carboxylic acid groups (broad SMARTS) is 1. The van der Waals surface area contributed by atoms with Crippen LogP contribution in [0.15, 0.2) is 0 Å². The highest BCUT2D eigenvalue weighted by atomic mass is 16.5. The monoisotopic (exact) mass is 301 g/mol. The van der Waals surface area contributed by atoms with Crippen molar-refractivity contribution in [2.24, 2.45) is 5.92 Å². The Balaban J connectivity index is 2.21. The van der Waals surface area contributed by atoms with Crippen LogP contribution in [0.3, 0.4) is 0 Å². The summed E-state index contributed by atoms with van der Waals surface area (Å²) in [7, 11) is 1.55. The minimum Gasteiger partial charge on any atom is -0.481 e. The molecular weight excluding hydrogens is 278 g/mol. The van der Waals surface area contributed by atoms with E-state index in [-0.39, 0.29) is 31.4 Å². The number of nitrogens with zero attached hydrogens (tertiary/aromatic N) is 1. The predicted octanol–water partition coefficient (Wildman–Crippen LogP) is -0.355. The zero-order chi connectivity index (χ0) is 15.7. The number of methoxy groups -OCH3 is 1. The molecule has 0 bridgehead atoms. The molecule has 1 heterocycles. The summed E-state index contributed by atoms with van der Waals surface area (Å²) < 4.78 is 4.80. The quantitative estimate of drug-likeness (QED) is 0.557. The first-order chi connectivity index (χ1) is 10.0. The van der Waals surface area contributed by atoms with E-state index in [1.54, 1.807) is 7.11 Å². The van der Waals surface area contributed by atoms with Crippen LogP contribution in [0.1, 0.15) is 19.3 Å². The van der Waals surface area contributed by atoms with Gasteiger partial charge in [-0.15, -0.1) is 0 Å². The molecule has 1 atom stereocenters. The van der Waals surface area contributed by atoms with E-state index in [2.05, 4.69) is 10.6 Å². The highest BCUT2D eigenvalue weighted by Crippen LogP contribution is 2.16. The Bertz CT molecular complexity index is 375. The fourth-order valence-corrected chi connectivity index (χ4v) is 2.14. The Labute approximate surface area is 123 Å². The largest absolute Gasteiger partial charge is 0.481 e. The smallest absolute Gasteiger partial charge is 0.317 e. The first-order valence-electron chi connectivity index (χ1n) is 7.05. The molecule has 1 rings (SSSR count). The summed E-state index contributed by atoms with van der Waals surface area (Å²) in [5, 5.41) is 14.3. The lowest BCUT2D eigenvalue weighted by Crippen LogP contribution is -2.47. The molecule has 0 radical (unpaired) electrons. The summed E-state index contributed by atoms with van der Waals surface area (Å²) >= 11 is 0. The van der Waals surface area contributed by atoms with Crippen molar-refractivity contribution in [2.75, 3.05) is 39.9 Å². The van der Waals surface area contributed by atoms with Gasteiger partial charge in [0, 0.05) is 39.7 Å². The number of carbonyl (C=O) groups is 3. The van der Waals surface area contributed by atoms with Gasteiger partial charge in [0.2, 0.25) is 5.91 Å². The van der Waals surface area contributed by atoms with Gasteiger partial charge in [-0.2, -0.15) is 0 Å². The number of rotatable bonds is 7. The Morgan fingerprint density at radius 3 is 2.71 bits per heavy atom. The van der Waals surface area contributed by atoms with E-state index in [0.717, 1.165) is 0 Å². The van der Waals surface area contributed by atoms with E-state index in [1.165, 1.54) is 4.90 Å². The number of nitrogens with one attached hydrogen (secondary N) is 2. The Morgan fingerprint density at radius 2 is 2.05 bits per heavy atom. The van der Waals surface area contributed by atoms with Crippen LogP contribution < -0.4 is 10.6 Å². The van der Waals surface area contributed by atoms with Crippen molar-refractivity contribution in [1.29, 1.82) is 0 Å². The summed E-state index contributed by atoms with van der Waals surface area (Å²) in [5.41, 5.74) is 0. The Morgan fingerprint density at radius 1 is 1.29 bits per heavy atom. The SMILES string of the molecule is COCCNC(=O)CCNC(=O)N1CCC[C@@H](C(=O)O)C1. The number of carbonyl (C=O) groups excluding carboxylic acids is 2.